The van der Waals surface area contributed by atoms with Gasteiger partial charge >= 0.3 is 0 Å². The van der Waals surface area contributed by atoms with E-state index in [1.165, 1.54) is 29.7 Å². The molecule has 0 saturated heterocycles. The number of fused-ring (bicyclic) bond motifs is 2. The Balaban J connectivity index is 1.71. The van der Waals surface area contributed by atoms with Gasteiger partial charge in [-0.25, -0.2) is 9.50 Å². The minimum absolute atomic E-state index is 0.378. The summed E-state index contributed by atoms with van der Waals surface area (Å²) in [5.74, 6) is 0.920. The number of aryl methyl sites for hydroxylation is 1. The number of nitrogens with zero attached hydrogens (tertiary/aromatic N) is 3. The van der Waals surface area contributed by atoms with Crippen molar-refractivity contribution in [3.8, 4) is 0 Å². The minimum atomic E-state index is 0.378. The van der Waals surface area contributed by atoms with Gasteiger partial charge in [0.1, 0.15) is 5.52 Å². The van der Waals surface area contributed by atoms with E-state index >= 15 is 0 Å². The van der Waals surface area contributed by atoms with Crippen molar-refractivity contribution in [3.63, 3.8) is 0 Å². The standard InChI is InChI=1S/C14H14N4S/c1-2-11(10-5-9-19-13(10)3-1)17-14-12-4-6-16-18(12)8-7-15-14/h4-9,11H,1-3H2,(H,15,17). The fourth-order valence-electron chi connectivity index (χ4n) is 2.77. The molecular formula is C14H14N4S. The Hall–Kier alpha value is -1.88. The normalized spacial score (nSPS) is 18.4. The van der Waals surface area contributed by atoms with Gasteiger partial charge < -0.3 is 5.32 Å². The van der Waals surface area contributed by atoms with E-state index in [2.05, 4.69) is 26.8 Å². The number of hydrogen-bond acceptors (Lipinski definition) is 4. The second kappa shape index (κ2) is 4.35. The van der Waals surface area contributed by atoms with Gasteiger partial charge in [-0.2, -0.15) is 5.10 Å². The van der Waals surface area contributed by atoms with Crippen LogP contribution in [0, 0.1) is 0 Å². The van der Waals surface area contributed by atoms with Crippen molar-refractivity contribution < 1.29 is 0 Å². The fourth-order valence-corrected chi connectivity index (χ4v) is 3.76. The maximum absolute atomic E-state index is 4.46. The number of rotatable bonds is 2. The first-order valence-electron chi connectivity index (χ1n) is 6.53. The SMILES string of the molecule is c1cn2nccc2c(NC2CCCc3sccc32)n1. The Kier molecular flexibility index (Phi) is 2.51. The molecule has 0 amide bonds. The fraction of sp³-hybridized carbons (Fsp3) is 0.286. The third kappa shape index (κ3) is 1.81. The highest BCUT2D eigenvalue weighted by molar-refractivity contribution is 7.10. The van der Waals surface area contributed by atoms with Crippen molar-refractivity contribution in [2.75, 3.05) is 5.32 Å². The topological polar surface area (TPSA) is 42.2 Å². The van der Waals surface area contributed by atoms with E-state index in [-0.39, 0.29) is 0 Å². The summed E-state index contributed by atoms with van der Waals surface area (Å²) >= 11 is 1.87. The number of hydrogen-bond donors (Lipinski definition) is 1. The van der Waals surface area contributed by atoms with Gasteiger partial charge in [-0.1, -0.05) is 0 Å². The quantitative estimate of drug-likeness (QED) is 0.777. The summed E-state index contributed by atoms with van der Waals surface area (Å²) in [6.45, 7) is 0. The molecule has 1 atom stereocenters. The van der Waals surface area contributed by atoms with Crippen LogP contribution >= 0.6 is 11.3 Å². The zero-order valence-electron chi connectivity index (χ0n) is 10.4. The van der Waals surface area contributed by atoms with Crippen molar-refractivity contribution in [1.29, 1.82) is 0 Å². The predicted molar refractivity (Wildman–Crippen MR) is 76.6 cm³/mol. The summed E-state index contributed by atoms with van der Waals surface area (Å²) in [5, 5.41) is 10.0. The van der Waals surface area contributed by atoms with Gasteiger partial charge in [0.2, 0.25) is 0 Å². The minimum Gasteiger partial charge on any atom is -0.361 e. The smallest absolute Gasteiger partial charge is 0.152 e. The average molecular weight is 270 g/mol. The number of anilines is 1. The molecule has 19 heavy (non-hydrogen) atoms. The van der Waals surface area contributed by atoms with Crippen LogP contribution < -0.4 is 5.32 Å². The molecule has 0 aromatic carbocycles. The van der Waals surface area contributed by atoms with Crippen LogP contribution in [-0.2, 0) is 6.42 Å². The van der Waals surface area contributed by atoms with Crippen LogP contribution in [0.2, 0.25) is 0 Å². The van der Waals surface area contributed by atoms with Gasteiger partial charge in [0.25, 0.3) is 0 Å². The molecule has 4 rings (SSSR count). The zero-order valence-corrected chi connectivity index (χ0v) is 11.2. The molecule has 0 fully saturated rings. The Bertz CT molecular complexity index is 715. The van der Waals surface area contributed by atoms with Crippen LogP contribution in [0.3, 0.4) is 0 Å². The van der Waals surface area contributed by atoms with Crippen LogP contribution in [0.15, 0.2) is 36.1 Å². The van der Waals surface area contributed by atoms with Crippen molar-refractivity contribution in [2.45, 2.75) is 25.3 Å². The Morgan fingerprint density at radius 1 is 1.32 bits per heavy atom. The summed E-state index contributed by atoms with van der Waals surface area (Å²) in [7, 11) is 0. The highest BCUT2D eigenvalue weighted by atomic mass is 32.1. The summed E-state index contributed by atoms with van der Waals surface area (Å²) in [5.41, 5.74) is 2.48. The Morgan fingerprint density at radius 3 is 3.32 bits per heavy atom. The number of nitrogens with one attached hydrogen (secondary N) is 1. The van der Waals surface area contributed by atoms with Gasteiger partial charge in [-0.15, -0.1) is 11.3 Å². The first-order valence-corrected chi connectivity index (χ1v) is 7.41. The largest absolute Gasteiger partial charge is 0.361 e. The molecule has 0 saturated carbocycles. The number of thiophene rings is 1. The molecule has 3 aromatic heterocycles. The maximum Gasteiger partial charge on any atom is 0.152 e. The zero-order chi connectivity index (χ0) is 12.7. The molecular weight excluding hydrogens is 256 g/mol. The first-order chi connectivity index (χ1) is 9.42. The average Bonchev–Trinajstić information content (AvgIpc) is 3.08. The lowest BCUT2D eigenvalue weighted by molar-refractivity contribution is 0.607. The van der Waals surface area contributed by atoms with E-state index in [1.807, 2.05) is 28.1 Å². The maximum atomic E-state index is 4.46. The lowest BCUT2D eigenvalue weighted by Gasteiger charge is -2.24. The van der Waals surface area contributed by atoms with Crippen LogP contribution in [0.4, 0.5) is 5.82 Å². The van der Waals surface area contributed by atoms with Gasteiger partial charge in [0.05, 0.1) is 12.2 Å². The second-order valence-electron chi connectivity index (χ2n) is 4.83. The molecule has 96 valence electrons. The van der Waals surface area contributed by atoms with Crippen LogP contribution in [0.25, 0.3) is 5.52 Å². The molecule has 4 nitrogen and oxygen atoms in total. The van der Waals surface area contributed by atoms with Gasteiger partial charge in [0.15, 0.2) is 5.82 Å². The summed E-state index contributed by atoms with van der Waals surface area (Å²) in [6, 6.07) is 4.61. The van der Waals surface area contributed by atoms with Crippen molar-refractivity contribution in [2.24, 2.45) is 0 Å². The molecule has 0 spiro atoms. The van der Waals surface area contributed by atoms with E-state index < -0.39 is 0 Å². The lowest BCUT2D eigenvalue weighted by Crippen LogP contribution is -2.16. The molecule has 0 radical (unpaired) electrons. The highest BCUT2D eigenvalue weighted by Gasteiger charge is 2.21. The van der Waals surface area contributed by atoms with Crippen LogP contribution in [0.1, 0.15) is 29.3 Å². The second-order valence-corrected chi connectivity index (χ2v) is 5.83. The number of aromatic nitrogens is 3. The van der Waals surface area contributed by atoms with E-state index in [1.54, 1.807) is 12.4 Å². The highest BCUT2D eigenvalue weighted by Crippen LogP contribution is 2.35. The molecule has 1 N–H and O–H groups in total. The first kappa shape index (κ1) is 11.0. The van der Waals surface area contributed by atoms with Gasteiger partial charge in [0, 0.05) is 17.3 Å². The van der Waals surface area contributed by atoms with Gasteiger partial charge in [-0.3, -0.25) is 0 Å². The molecule has 3 heterocycles. The van der Waals surface area contributed by atoms with E-state index in [4.69, 9.17) is 0 Å². The molecule has 0 aliphatic heterocycles. The monoisotopic (exact) mass is 270 g/mol. The molecule has 0 bridgehead atoms. The summed E-state index contributed by atoms with van der Waals surface area (Å²) < 4.78 is 1.85. The molecule has 1 unspecified atom stereocenters. The van der Waals surface area contributed by atoms with Crippen LogP contribution in [-0.4, -0.2) is 14.6 Å². The third-order valence-corrected chi connectivity index (χ3v) is 4.68. The summed E-state index contributed by atoms with van der Waals surface area (Å²) in [4.78, 5) is 5.98. The van der Waals surface area contributed by atoms with Crippen molar-refractivity contribution in [1.82, 2.24) is 14.6 Å². The molecule has 1 aliphatic carbocycles. The Labute approximate surface area is 115 Å². The third-order valence-electron chi connectivity index (χ3n) is 3.69. The van der Waals surface area contributed by atoms with Crippen molar-refractivity contribution in [3.05, 3.63) is 46.5 Å². The molecule has 5 heteroatoms. The molecule has 1 aliphatic rings. The molecule has 3 aromatic rings. The lowest BCUT2D eigenvalue weighted by atomic mass is 9.94. The van der Waals surface area contributed by atoms with E-state index in [0.29, 0.717) is 6.04 Å². The van der Waals surface area contributed by atoms with Crippen molar-refractivity contribution >= 4 is 22.7 Å². The predicted octanol–water partition coefficient (Wildman–Crippen LogP) is 3.28. The Morgan fingerprint density at radius 2 is 2.32 bits per heavy atom. The van der Waals surface area contributed by atoms with Gasteiger partial charge in [-0.05, 0) is 42.3 Å². The van der Waals surface area contributed by atoms with E-state index in [0.717, 1.165) is 11.3 Å². The summed E-state index contributed by atoms with van der Waals surface area (Å²) in [6.07, 6.45) is 9.10. The van der Waals surface area contributed by atoms with Crippen LogP contribution in [0.5, 0.6) is 0 Å². The van der Waals surface area contributed by atoms with E-state index in [9.17, 15) is 0 Å².